The lowest BCUT2D eigenvalue weighted by Crippen LogP contribution is -2.59. The molecule has 3 aromatic rings. The van der Waals surface area contributed by atoms with Gasteiger partial charge in [0.2, 0.25) is 0 Å². The van der Waals surface area contributed by atoms with Gasteiger partial charge in [-0.2, -0.15) is 0 Å². The number of anilines is 2. The smallest absolute Gasteiger partial charge is 0.408 e. The average molecular weight is 461 g/mol. The van der Waals surface area contributed by atoms with E-state index in [1.165, 1.54) is 24.4 Å². The van der Waals surface area contributed by atoms with Crippen molar-refractivity contribution in [2.24, 2.45) is 0 Å². The van der Waals surface area contributed by atoms with Crippen LogP contribution in [0.25, 0.3) is 10.9 Å². The Bertz CT molecular complexity index is 1220. The standard InChI is InChI=1S/C22H23ClFN5O3/c1-22(11-28(2)7-8-29(22)21(30)31)14-9-13-17(10-18(14)32-3)25-12-26-20(13)27-16-6-4-5-15(23)19(16)24/h4-6,9-10,12H,7-8,11H2,1-3H3,(H,30,31)(H,25,26,27)/t22-/m0/s1/i2D. The number of rotatable bonds is 4. The van der Waals surface area contributed by atoms with Gasteiger partial charge in [-0.3, -0.25) is 4.90 Å². The number of amides is 1. The van der Waals surface area contributed by atoms with Gasteiger partial charge in [-0.25, -0.2) is 19.2 Å². The molecule has 0 radical (unpaired) electrons. The number of aromatic nitrogens is 2. The van der Waals surface area contributed by atoms with Gasteiger partial charge in [0.05, 0.1) is 28.9 Å². The number of piperazine rings is 1. The number of hydrogen-bond acceptors (Lipinski definition) is 6. The first-order valence-electron chi connectivity index (χ1n) is 10.6. The number of methoxy groups -OCH3 is 1. The molecule has 1 fully saturated rings. The first-order chi connectivity index (χ1) is 15.8. The SMILES string of the molecule is [2H]CN1CCN(C(=O)O)[C@](C)(c2cc3c(Nc4cccc(Cl)c4F)ncnc3cc2OC)C1. The van der Waals surface area contributed by atoms with Crippen LogP contribution in [-0.2, 0) is 5.54 Å². The molecule has 2 heterocycles. The van der Waals surface area contributed by atoms with Gasteiger partial charge in [-0.05, 0) is 32.1 Å². The largest absolute Gasteiger partial charge is 0.496 e. The molecule has 8 nitrogen and oxygen atoms in total. The highest BCUT2D eigenvalue weighted by Gasteiger charge is 2.43. The highest BCUT2D eigenvalue weighted by molar-refractivity contribution is 6.31. The zero-order valence-electron chi connectivity index (χ0n) is 18.6. The van der Waals surface area contributed by atoms with Crippen molar-refractivity contribution in [3.8, 4) is 5.75 Å². The molecule has 1 amide bonds. The number of likely N-dealkylation sites (N-methyl/N-ethyl adjacent to an activating group) is 1. The number of benzene rings is 2. The van der Waals surface area contributed by atoms with Gasteiger partial charge in [0.1, 0.15) is 17.9 Å². The Hall–Kier alpha value is -3.17. The summed E-state index contributed by atoms with van der Waals surface area (Å²) in [4.78, 5) is 23.9. The third-order valence-corrected chi connectivity index (χ3v) is 6.03. The van der Waals surface area contributed by atoms with E-state index in [0.717, 1.165) is 0 Å². The third kappa shape index (κ3) is 3.78. The lowest BCUT2D eigenvalue weighted by atomic mass is 9.86. The van der Waals surface area contributed by atoms with Crippen LogP contribution in [0.3, 0.4) is 0 Å². The fourth-order valence-corrected chi connectivity index (χ4v) is 4.30. The van der Waals surface area contributed by atoms with E-state index in [-0.39, 0.29) is 24.3 Å². The number of nitrogens with one attached hydrogen (secondary N) is 1. The molecule has 168 valence electrons. The van der Waals surface area contributed by atoms with Crippen LogP contribution in [0.1, 0.15) is 13.9 Å². The molecule has 4 rings (SSSR count). The Morgan fingerprint density at radius 3 is 2.91 bits per heavy atom. The lowest BCUT2D eigenvalue weighted by Gasteiger charge is -2.47. The normalized spacial score (nSPS) is 19.6. The van der Waals surface area contributed by atoms with Crippen LogP contribution in [0.15, 0.2) is 36.7 Å². The van der Waals surface area contributed by atoms with E-state index in [4.69, 9.17) is 17.7 Å². The first kappa shape index (κ1) is 20.7. The molecule has 0 unspecified atom stereocenters. The van der Waals surface area contributed by atoms with Gasteiger partial charge in [0.15, 0.2) is 5.82 Å². The van der Waals surface area contributed by atoms with Crippen LogP contribution >= 0.6 is 11.6 Å². The van der Waals surface area contributed by atoms with E-state index in [1.54, 1.807) is 31.2 Å². The molecule has 10 heteroatoms. The second kappa shape index (κ2) is 8.40. The summed E-state index contributed by atoms with van der Waals surface area (Å²) < 4.78 is 27.9. The predicted octanol–water partition coefficient (Wildman–Crippen LogP) is 4.32. The molecule has 1 atom stereocenters. The number of fused-ring (bicyclic) bond motifs is 1. The summed E-state index contributed by atoms with van der Waals surface area (Å²) in [6.45, 7) is 2.82. The summed E-state index contributed by atoms with van der Waals surface area (Å²) >= 11 is 5.91. The van der Waals surface area contributed by atoms with Gasteiger partial charge in [-0.15, -0.1) is 0 Å². The number of hydrogen-bond donors (Lipinski definition) is 2. The average Bonchev–Trinajstić information content (AvgIpc) is 2.80. The molecule has 1 aromatic heterocycles. The van der Waals surface area contributed by atoms with Crippen molar-refractivity contribution in [2.45, 2.75) is 12.5 Å². The van der Waals surface area contributed by atoms with Crippen molar-refractivity contribution in [1.82, 2.24) is 19.8 Å². The van der Waals surface area contributed by atoms with E-state index < -0.39 is 17.4 Å². The summed E-state index contributed by atoms with van der Waals surface area (Å²) in [5, 5.41) is 13.4. The zero-order chi connectivity index (χ0) is 23.8. The quantitative estimate of drug-likeness (QED) is 0.599. The van der Waals surface area contributed by atoms with Crippen LogP contribution in [0.4, 0.5) is 20.7 Å². The van der Waals surface area contributed by atoms with Gasteiger partial charge < -0.3 is 20.1 Å². The fraction of sp³-hybridized carbons (Fsp3) is 0.318. The van der Waals surface area contributed by atoms with Gasteiger partial charge in [0, 0.05) is 38.0 Å². The second-order valence-electron chi connectivity index (χ2n) is 7.78. The molecular formula is C22H23ClFN5O3. The summed E-state index contributed by atoms with van der Waals surface area (Å²) in [6.07, 6.45) is 0.285. The van der Waals surface area contributed by atoms with Crippen molar-refractivity contribution < 1.29 is 20.4 Å². The van der Waals surface area contributed by atoms with Crippen molar-refractivity contribution in [2.75, 3.05) is 39.1 Å². The van der Waals surface area contributed by atoms with Crippen LogP contribution in [0.2, 0.25) is 5.02 Å². The van der Waals surface area contributed by atoms with E-state index in [0.29, 0.717) is 41.1 Å². The summed E-state index contributed by atoms with van der Waals surface area (Å²) in [6, 6.07) is 8.08. The van der Waals surface area contributed by atoms with E-state index in [9.17, 15) is 14.3 Å². The Morgan fingerprint density at radius 1 is 1.38 bits per heavy atom. The molecule has 0 aliphatic carbocycles. The number of carboxylic acid groups (broad SMARTS) is 1. The zero-order valence-corrected chi connectivity index (χ0v) is 18.4. The Balaban J connectivity index is 1.89. The number of ether oxygens (including phenoxy) is 1. The highest BCUT2D eigenvalue weighted by Crippen LogP contribution is 2.41. The van der Waals surface area contributed by atoms with E-state index >= 15 is 0 Å². The van der Waals surface area contributed by atoms with Gasteiger partial charge in [-0.1, -0.05) is 17.7 Å². The maximum atomic E-state index is 14.5. The van der Waals surface area contributed by atoms with E-state index in [2.05, 4.69) is 15.3 Å². The van der Waals surface area contributed by atoms with Gasteiger partial charge >= 0.3 is 6.09 Å². The molecular weight excluding hydrogens is 437 g/mol. The van der Waals surface area contributed by atoms with Crippen LogP contribution in [0.5, 0.6) is 5.75 Å². The molecule has 2 aromatic carbocycles. The molecule has 0 bridgehead atoms. The van der Waals surface area contributed by atoms with Crippen molar-refractivity contribution in [3.63, 3.8) is 0 Å². The molecule has 0 saturated carbocycles. The highest BCUT2D eigenvalue weighted by atomic mass is 35.5. The third-order valence-electron chi connectivity index (χ3n) is 5.74. The van der Waals surface area contributed by atoms with E-state index in [1.807, 2.05) is 4.90 Å². The van der Waals surface area contributed by atoms with Gasteiger partial charge in [0.25, 0.3) is 0 Å². The number of nitrogens with zero attached hydrogens (tertiary/aromatic N) is 4. The van der Waals surface area contributed by atoms with Crippen molar-refractivity contribution >= 4 is 40.1 Å². The Labute approximate surface area is 191 Å². The summed E-state index contributed by atoms with van der Waals surface area (Å²) in [7, 11) is 1.55. The van der Waals surface area contributed by atoms with Crippen molar-refractivity contribution in [3.05, 3.63) is 53.1 Å². The summed E-state index contributed by atoms with van der Waals surface area (Å²) in [5.41, 5.74) is 0.284. The summed E-state index contributed by atoms with van der Waals surface area (Å²) in [5.74, 6) is 0.187. The molecule has 1 aliphatic rings. The molecule has 32 heavy (non-hydrogen) atoms. The maximum Gasteiger partial charge on any atom is 0.408 e. The minimum absolute atomic E-state index is 0.0250. The topological polar surface area (TPSA) is 90.8 Å². The lowest BCUT2D eigenvalue weighted by molar-refractivity contribution is 0.0220. The Morgan fingerprint density at radius 2 is 2.19 bits per heavy atom. The number of carbonyl (C=O) groups is 1. The maximum absolute atomic E-state index is 14.5. The molecule has 1 saturated heterocycles. The van der Waals surface area contributed by atoms with Crippen LogP contribution in [-0.4, -0.2) is 64.7 Å². The molecule has 0 spiro atoms. The first-order valence-corrected chi connectivity index (χ1v) is 10.2. The minimum atomic E-state index is -1.06. The fourth-order valence-electron chi connectivity index (χ4n) is 4.13. The number of halogens is 2. The minimum Gasteiger partial charge on any atom is -0.496 e. The van der Waals surface area contributed by atoms with Crippen LogP contribution in [0, 0.1) is 5.82 Å². The monoisotopic (exact) mass is 460 g/mol. The predicted molar refractivity (Wildman–Crippen MR) is 120 cm³/mol. The van der Waals surface area contributed by atoms with Crippen molar-refractivity contribution in [1.29, 1.82) is 0 Å². The molecule has 1 aliphatic heterocycles. The second-order valence-corrected chi connectivity index (χ2v) is 8.19. The Kier molecular flexibility index (Phi) is 5.44. The molecule has 2 N–H and O–H groups in total. The van der Waals surface area contributed by atoms with Crippen LogP contribution < -0.4 is 10.1 Å².